The van der Waals surface area contributed by atoms with Gasteiger partial charge in [-0.1, -0.05) is 36.4 Å². The van der Waals surface area contributed by atoms with E-state index >= 15 is 0 Å². The summed E-state index contributed by atoms with van der Waals surface area (Å²) in [5, 5.41) is 0. The highest BCUT2D eigenvalue weighted by Gasteiger charge is 2.25. The molecule has 26 heavy (non-hydrogen) atoms. The molecule has 0 bridgehead atoms. The van der Waals surface area contributed by atoms with Crippen LogP contribution in [-0.2, 0) is 16.1 Å². The van der Waals surface area contributed by atoms with Crippen molar-refractivity contribution in [2.24, 2.45) is 0 Å². The number of carbonyl (C=O) groups is 1. The van der Waals surface area contributed by atoms with Crippen molar-refractivity contribution < 1.29 is 14.3 Å². The van der Waals surface area contributed by atoms with Gasteiger partial charge in [0.25, 0.3) is 0 Å². The zero-order chi connectivity index (χ0) is 18.1. The van der Waals surface area contributed by atoms with E-state index in [4.69, 9.17) is 9.47 Å². The molecule has 5 nitrogen and oxygen atoms in total. The van der Waals surface area contributed by atoms with Crippen molar-refractivity contribution >= 4 is 23.1 Å². The molecule has 4 rings (SSSR count). The molecule has 0 radical (unpaired) electrons. The Morgan fingerprint density at radius 1 is 1.27 bits per heavy atom. The Hall–Kier alpha value is -3.08. The second kappa shape index (κ2) is 6.67. The summed E-state index contributed by atoms with van der Waals surface area (Å²) in [6, 6.07) is 12.3. The largest absolute Gasteiger partial charge is 0.481 e. The van der Waals surface area contributed by atoms with Crippen LogP contribution in [0.15, 0.2) is 42.5 Å². The predicted octanol–water partition coefficient (Wildman–Crippen LogP) is 4.04. The first-order chi connectivity index (χ1) is 12.7. The highest BCUT2D eigenvalue weighted by atomic mass is 16.5. The summed E-state index contributed by atoms with van der Waals surface area (Å²) in [7, 11) is 1.61. The van der Waals surface area contributed by atoms with Crippen LogP contribution in [0.5, 0.6) is 5.88 Å². The average Bonchev–Trinajstić information content (AvgIpc) is 3.17. The van der Waals surface area contributed by atoms with E-state index in [1.807, 2.05) is 37.3 Å². The molecular formula is C21H20N2O3. The van der Waals surface area contributed by atoms with Crippen LogP contribution in [0.1, 0.15) is 24.5 Å². The fourth-order valence-corrected chi connectivity index (χ4v) is 3.51. The van der Waals surface area contributed by atoms with E-state index in [9.17, 15) is 4.79 Å². The maximum Gasteiger partial charge on any atom is 0.309 e. The number of rotatable bonds is 5. The fraction of sp³-hybridized carbons (Fsp3) is 0.238. The molecule has 1 aliphatic rings. The van der Waals surface area contributed by atoms with Crippen LogP contribution < -0.4 is 4.74 Å². The fourth-order valence-electron chi connectivity index (χ4n) is 3.51. The second-order valence-electron chi connectivity index (χ2n) is 6.14. The third-order valence-electron chi connectivity index (χ3n) is 4.60. The van der Waals surface area contributed by atoms with Gasteiger partial charge in [-0.2, -0.15) is 0 Å². The Kier molecular flexibility index (Phi) is 4.21. The molecule has 0 amide bonds. The number of pyridine rings is 1. The molecule has 1 aromatic carbocycles. The molecule has 2 aromatic heterocycles. The van der Waals surface area contributed by atoms with Crippen LogP contribution in [0.4, 0.5) is 0 Å². The maximum atomic E-state index is 11.7. The van der Waals surface area contributed by atoms with Crippen molar-refractivity contribution in [2.45, 2.75) is 19.9 Å². The number of hydrogen-bond acceptors (Lipinski definition) is 4. The van der Waals surface area contributed by atoms with Crippen molar-refractivity contribution in [1.29, 1.82) is 0 Å². The number of carbonyl (C=O) groups excluding carboxylic acids is 1. The van der Waals surface area contributed by atoms with Crippen LogP contribution in [0.2, 0.25) is 0 Å². The molecule has 3 aromatic rings. The lowest BCUT2D eigenvalue weighted by Crippen LogP contribution is -2.01. The van der Waals surface area contributed by atoms with Crippen molar-refractivity contribution in [3.8, 4) is 17.1 Å². The topological polar surface area (TPSA) is 53.4 Å². The summed E-state index contributed by atoms with van der Waals surface area (Å²) >= 11 is 0. The zero-order valence-corrected chi connectivity index (χ0v) is 14.9. The maximum absolute atomic E-state index is 11.7. The number of hydrogen-bond donors (Lipinski definition) is 0. The molecular weight excluding hydrogens is 328 g/mol. The van der Waals surface area contributed by atoms with Crippen molar-refractivity contribution in [1.82, 2.24) is 9.55 Å². The Morgan fingerprint density at radius 2 is 2.12 bits per heavy atom. The minimum Gasteiger partial charge on any atom is -0.481 e. The highest BCUT2D eigenvalue weighted by molar-refractivity contribution is 5.97. The van der Waals surface area contributed by atoms with Crippen LogP contribution in [-0.4, -0.2) is 29.2 Å². The van der Waals surface area contributed by atoms with E-state index in [1.54, 1.807) is 7.11 Å². The van der Waals surface area contributed by atoms with Gasteiger partial charge in [-0.3, -0.25) is 4.79 Å². The summed E-state index contributed by atoms with van der Waals surface area (Å²) in [5.74, 6) is 0.352. The van der Waals surface area contributed by atoms with Crippen LogP contribution >= 0.6 is 0 Å². The van der Waals surface area contributed by atoms with Gasteiger partial charge >= 0.3 is 5.97 Å². The average molecular weight is 348 g/mol. The van der Waals surface area contributed by atoms with Gasteiger partial charge in [0.15, 0.2) is 0 Å². The molecule has 0 saturated carbocycles. The molecule has 1 aliphatic heterocycles. The number of fused-ring (bicyclic) bond motifs is 5. The molecule has 132 valence electrons. The number of esters is 1. The van der Waals surface area contributed by atoms with E-state index in [1.165, 1.54) is 11.1 Å². The van der Waals surface area contributed by atoms with E-state index in [0.29, 0.717) is 12.5 Å². The van der Waals surface area contributed by atoms with Crippen molar-refractivity contribution in [3.63, 3.8) is 0 Å². The van der Waals surface area contributed by atoms with Gasteiger partial charge in [-0.25, -0.2) is 4.98 Å². The Bertz CT molecular complexity index is 1020. The number of methoxy groups -OCH3 is 1. The van der Waals surface area contributed by atoms with Crippen LogP contribution in [0.3, 0.4) is 0 Å². The Balaban J connectivity index is 1.85. The minimum absolute atomic E-state index is 0.227. The molecule has 0 aliphatic carbocycles. The van der Waals surface area contributed by atoms with E-state index in [2.05, 4.69) is 27.8 Å². The quantitative estimate of drug-likeness (QED) is 0.511. The molecule has 0 N–H and O–H groups in total. The van der Waals surface area contributed by atoms with Gasteiger partial charge in [0.2, 0.25) is 5.88 Å². The smallest absolute Gasteiger partial charge is 0.309 e. The van der Waals surface area contributed by atoms with Gasteiger partial charge in [0, 0.05) is 23.7 Å². The van der Waals surface area contributed by atoms with E-state index < -0.39 is 0 Å². The third-order valence-corrected chi connectivity index (χ3v) is 4.60. The summed E-state index contributed by atoms with van der Waals surface area (Å²) in [5.41, 5.74) is 6.59. The van der Waals surface area contributed by atoms with Gasteiger partial charge in [0.05, 0.1) is 31.3 Å². The van der Waals surface area contributed by atoms with Crippen molar-refractivity contribution in [3.05, 3.63) is 53.6 Å². The molecule has 0 unspecified atom stereocenters. The normalized spacial score (nSPS) is 12.4. The number of aromatic nitrogens is 2. The SMILES string of the molecule is CCOC(=O)C/C=C/c1c2n(c3ccc(OC)nc13)Cc1ccccc1-2. The molecule has 3 heterocycles. The number of nitrogens with zero attached hydrogens (tertiary/aromatic N) is 2. The Labute approximate surface area is 151 Å². The first-order valence-corrected chi connectivity index (χ1v) is 8.70. The molecule has 0 spiro atoms. The van der Waals surface area contributed by atoms with E-state index in [0.717, 1.165) is 28.8 Å². The highest BCUT2D eigenvalue weighted by Crippen LogP contribution is 2.41. The second-order valence-corrected chi connectivity index (χ2v) is 6.14. The first kappa shape index (κ1) is 16.4. The van der Waals surface area contributed by atoms with Gasteiger partial charge in [0.1, 0.15) is 5.52 Å². The lowest BCUT2D eigenvalue weighted by molar-refractivity contribution is -0.142. The summed E-state index contributed by atoms with van der Waals surface area (Å²) in [6.45, 7) is 3.02. The minimum atomic E-state index is -0.227. The molecule has 0 atom stereocenters. The van der Waals surface area contributed by atoms with Crippen LogP contribution in [0.25, 0.3) is 28.4 Å². The number of ether oxygens (including phenoxy) is 2. The molecule has 5 heteroatoms. The van der Waals surface area contributed by atoms with Crippen molar-refractivity contribution in [2.75, 3.05) is 13.7 Å². The standard InChI is InChI=1S/C21H20N2O3/c1-3-26-19(24)10-6-9-16-20-17(11-12-18(22-20)25-2)23-13-14-7-4-5-8-15(14)21(16)23/h4-9,11-12H,3,10,13H2,1-2H3/b9-6+. The zero-order valence-electron chi connectivity index (χ0n) is 14.9. The molecule has 0 fully saturated rings. The monoisotopic (exact) mass is 348 g/mol. The van der Waals surface area contributed by atoms with Gasteiger partial charge in [-0.15, -0.1) is 0 Å². The lowest BCUT2D eigenvalue weighted by Gasteiger charge is -2.03. The van der Waals surface area contributed by atoms with Gasteiger partial charge < -0.3 is 14.0 Å². The number of benzene rings is 1. The van der Waals surface area contributed by atoms with E-state index in [-0.39, 0.29) is 12.4 Å². The van der Waals surface area contributed by atoms with Gasteiger partial charge in [-0.05, 0) is 18.6 Å². The predicted molar refractivity (Wildman–Crippen MR) is 101 cm³/mol. The summed E-state index contributed by atoms with van der Waals surface area (Å²) in [6.07, 6.45) is 4.06. The Morgan fingerprint density at radius 3 is 2.92 bits per heavy atom. The lowest BCUT2D eigenvalue weighted by atomic mass is 10.0. The first-order valence-electron chi connectivity index (χ1n) is 8.70. The molecule has 0 saturated heterocycles. The van der Waals surface area contributed by atoms with Crippen LogP contribution in [0, 0.1) is 0 Å². The summed E-state index contributed by atoms with van der Waals surface area (Å²) in [4.78, 5) is 16.3. The summed E-state index contributed by atoms with van der Waals surface area (Å²) < 4.78 is 12.6. The third kappa shape index (κ3) is 2.65.